The Bertz CT molecular complexity index is 1040. The van der Waals surface area contributed by atoms with Crippen molar-refractivity contribution in [2.45, 2.75) is 76.4 Å². The van der Waals surface area contributed by atoms with E-state index in [1.54, 1.807) is 11.1 Å². The van der Waals surface area contributed by atoms with E-state index in [0.717, 1.165) is 23.7 Å². The molecular formula is C28H33BO2. The molecule has 1 saturated heterocycles. The predicted octanol–water partition coefficient (Wildman–Crippen LogP) is 5.71. The van der Waals surface area contributed by atoms with E-state index in [0.29, 0.717) is 0 Å². The SMILES string of the molecule is CC1(C)OB(c2cccc3c2C2(c4ccccc4-3)C3CC4CC(C3)CC2C4)OC1(C)C. The molecule has 160 valence electrons. The Morgan fingerprint density at radius 2 is 1.29 bits per heavy atom. The zero-order chi connectivity index (χ0) is 21.2. The van der Waals surface area contributed by atoms with Crippen LogP contribution in [0.4, 0.5) is 0 Å². The summed E-state index contributed by atoms with van der Waals surface area (Å²) in [6, 6.07) is 16.2. The lowest BCUT2D eigenvalue weighted by Gasteiger charge is -2.61. The highest BCUT2D eigenvalue weighted by molar-refractivity contribution is 6.63. The van der Waals surface area contributed by atoms with Crippen LogP contribution in [0.15, 0.2) is 42.5 Å². The standard InChI is InChI=1S/C28H33BO2/c1-26(2)27(3,4)31-29(30-26)24-11-7-9-22-21-8-5-6-10-23(21)28(25(22)24)19-13-17-12-18(15-19)16-20(28)14-17/h5-11,17-20H,12-16H2,1-4H3. The summed E-state index contributed by atoms with van der Waals surface area (Å²) in [5.41, 5.74) is 6.87. The lowest BCUT2D eigenvalue weighted by Crippen LogP contribution is -2.57. The Morgan fingerprint density at radius 3 is 1.94 bits per heavy atom. The fourth-order valence-corrected chi connectivity index (χ4v) is 8.41. The second-order valence-electron chi connectivity index (χ2n) is 12.1. The van der Waals surface area contributed by atoms with Crippen molar-refractivity contribution >= 4 is 12.6 Å². The van der Waals surface area contributed by atoms with Crippen LogP contribution in [0.1, 0.15) is 70.9 Å². The van der Waals surface area contributed by atoms with Crippen molar-refractivity contribution in [3.63, 3.8) is 0 Å². The molecule has 0 aromatic heterocycles. The third kappa shape index (κ3) is 2.23. The molecule has 4 saturated carbocycles. The normalized spacial score (nSPS) is 38.0. The van der Waals surface area contributed by atoms with Gasteiger partial charge in [-0.05, 0) is 111 Å². The molecule has 5 aliphatic carbocycles. The molecule has 0 radical (unpaired) electrons. The first-order valence-corrected chi connectivity index (χ1v) is 12.4. The zero-order valence-corrected chi connectivity index (χ0v) is 19.3. The maximum absolute atomic E-state index is 6.64. The van der Waals surface area contributed by atoms with Gasteiger partial charge in [-0.25, -0.2) is 0 Å². The molecule has 0 amide bonds. The van der Waals surface area contributed by atoms with E-state index >= 15 is 0 Å². The third-order valence-corrected chi connectivity index (χ3v) is 10.1. The van der Waals surface area contributed by atoms with Gasteiger partial charge in [-0.1, -0.05) is 42.5 Å². The molecule has 0 atom stereocenters. The van der Waals surface area contributed by atoms with Gasteiger partial charge in [0.05, 0.1) is 11.2 Å². The van der Waals surface area contributed by atoms with Gasteiger partial charge in [0.1, 0.15) is 0 Å². The van der Waals surface area contributed by atoms with Crippen molar-refractivity contribution in [2.75, 3.05) is 0 Å². The Balaban J connectivity index is 1.48. The van der Waals surface area contributed by atoms with Crippen LogP contribution in [-0.4, -0.2) is 18.3 Å². The number of hydrogen-bond acceptors (Lipinski definition) is 2. The topological polar surface area (TPSA) is 18.5 Å². The van der Waals surface area contributed by atoms with Crippen molar-refractivity contribution in [1.29, 1.82) is 0 Å². The molecule has 8 rings (SSSR count). The van der Waals surface area contributed by atoms with E-state index in [4.69, 9.17) is 9.31 Å². The minimum atomic E-state index is -0.316. The lowest BCUT2D eigenvalue weighted by molar-refractivity contribution is -0.0396. The Kier molecular flexibility index (Phi) is 3.58. The van der Waals surface area contributed by atoms with E-state index in [1.807, 2.05) is 0 Å². The summed E-state index contributed by atoms with van der Waals surface area (Å²) >= 11 is 0. The van der Waals surface area contributed by atoms with Gasteiger partial charge in [-0.15, -0.1) is 0 Å². The predicted molar refractivity (Wildman–Crippen MR) is 125 cm³/mol. The second kappa shape index (κ2) is 5.86. The summed E-state index contributed by atoms with van der Waals surface area (Å²) in [5.74, 6) is 3.42. The number of fused-ring (bicyclic) bond motifs is 3. The molecule has 1 aliphatic heterocycles. The Hall–Kier alpha value is -1.58. The summed E-state index contributed by atoms with van der Waals surface area (Å²) in [6.07, 6.45) is 7.09. The summed E-state index contributed by atoms with van der Waals surface area (Å²) in [5, 5.41) is 0. The highest BCUT2D eigenvalue weighted by Crippen LogP contribution is 2.69. The number of hydrogen-bond donors (Lipinski definition) is 0. The third-order valence-electron chi connectivity index (χ3n) is 10.1. The van der Waals surface area contributed by atoms with E-state index in [9.17, 15) is 0 Å². The molecule has 5 fully saturated rings. The molecule has 3 heteroatoms. The molecule has 1 heterocycles. The molecule has 2 aromatic rings. The van der Waals surface area contributed by atoms with Crippen LogP contribution in [0.3, 0.4) is 0 Å². The summed E-state index contributed by atoms with van der Waals surface area (Å²) in [6.45, 7) is 8.68. The molecular weight excluding hydrogens is 379 g/mol. The Morgan fingerprint density at radius 1 is 0.710 bits per heavy atom. The molecule has 0 unspecified atom stereocenters. The molecule has 2 nitrogen and oxygen atoms in total. The maximum Gasteiger partial charge on any atom is 0.495 e. The van der Waals surface area contributed by atoms with Crippen LogP contribution in [0, 0.1) is 23.7 Å². The minimum absolute atomic E-state index is 0.152. The van der Waals surface area contributed by atoms with Gasteiger partial charge >= 0.3 is 7.12 Å². The van der Waals surface area contributed by atoms with Gasteiger partial charge in [-0.3, -0.25) is 0 Å². The fourth-order valence-electron chi connectivity index (χ4n) is 8.41. The van der Waals surface area contributed by atoms with E-state index in [2.05, 4.69) is 70.2 Å². The van der Waals surface area contributed by atoms with Crippen molar-refractivity contribution in [3.05, 3.63) is 53.6 Å². The van der Waals surface area contributed by atoms with Crippen LogP contribution >= 0.6 is 0 Å². The smallest absolute Gasteiger partial charge is 0.399 e. The van der Waals surface area contributed by atoms with Crippen molar-refractivity contribution in [2.24, 2.45) is 23.7 Å². The summed E-state index contributed by atoms with van der Waals surface area (Å²) < 4.78 is 13.3. The average Bonchev–Trinajstić information content (AvgIpc) is 3.14. The lowest BCUT2D eigenvalue weighted by atomic mass is 9.42. The minimum Gasteiger partial charge on any atom is -0.399 e. The van der Waals surface area contributed by atoms with Gasteiger partial charge in [0.15, 0.2) is 0 Å². The van der Waals surface area contributed by atoms with Crippen molar-refractivity contribution in [1.82, 2.24) is 0 Å². The van der Waals surface area contributed by atoms with Gasteiger partial charge in [0.25, 0.3) is 0 Å². The van der Waals surface area contributed by atoms with Crippen LogP contribution in [0.2, 0.25) is 0 Å². The maximum atomic E-state index is 6.64. The number of benzene rings is 2. The highest BCUT2D eigenvalue weighted by atomic mass is 16.7. The molecule has 2 aromatic carbocycles. The quantitative estimate of drug-likeness (QED) is 0.559. The van der Waals surface area contributed by atoms with Gasteiger partial charge < -0.3 is 9.31 Å². The van der Waals surface area contributed by atoms with E-state index in [1.165, 1.54) is 48.7 Å². The molecule has 1 spiro atoms. The van der Waals surface area contributed by atoms with Gasteiger partial charge in [0.2, 0.25) is 0 Å². The van der Waals surface area contributed by atoms with Crippen molar-refractivity contribution < 1.29 is 9.31 Å². The molecule has 6 aliphatic rings. The summed E-state index contributed by atoms with van der Waals surface area (Å²) in [4.78, 5) is 0. The monoisotopic (exact) mass is 412 g/mol. The van der Waals surface area contributed by atoms with Crippen LogP contribution in [0.25, 0.3) is 11.1 Å². The highest BCUT2D eigenvalue weighted by Gasteiger charge is 2.63. The van der Waals surface area contributed by atoms with Crippen LogP contribution in [0.5, 0.6) is 0 Å². The first-order chi connectivity index (χ1) is 14.8. The van der Waals surface area contributed by atoms with E-state index < -0.39 is 0 Å². The van der Waals surface area contributed by atoms with E-state index in [-0.39, 0.29) is 23.7 Å². The zero-order valence-electron chi connectivity index (χ0n) is 19.3. The van der Waals surface area contributed by atoms with Crippen LogP contribution in [-0.2, 0) is 14.7 Å². The number of rotatable bonds is 1. The largest absolute Gasteiger partial charge is 0.495 e. The Labute approximate surface area is 186 Å². The molecule has 0 N–H and O–H groups in total. The fraction of sp³-hybridized carbons (Fsp3) is 0.571. The molecule has 31 heavy (non-hydrogen) atoms. The first kappa shape index (κ1) is 18.9. The van der Waals surface area contributed by atoms with Gasteiger partial charge in [0, 0.05) is 5.41 Å². The molecule has 4 bridgehead atoms. The first-order valence-electron chi connectivity index (χ1n) is 12.4. The van der Waals surface area contributed by atoms with Crippen molar-refractivity contribution in [3.8, 4) is 11.1 Å². The van der Waals surface area contributed by atoms with Crippen LogP contribution < -0.4 is 5.46 Å². The summed E-state index contributed by atoms with van der Waals surface area (Å²) in [7, 11) is -0.289. The average molecular weight is 412 g/mol. The van der Waals surface area contributed by atoms with Gasteiger partial charge in [-0.2, -0.15) is 0 Å². The second-order valence-corrected chi connectivity index (χ2v) is 12.1.